The van der Waals surface area contributed by atoms with Crippen LogP contribution in [0.2, 0.25) is 0 Å². The molecule has 2 N–H and O–H groups in total. The van der Waals surface area contributed by atoms with E-state index in [4.69, 9.17) is 9.47 Å². The molecule has 33 heavy (non-hydrogen) atoms. The molecule has 0 spiro atoms. The molecule has 0 radical (unpaired) electrons. The second-order valence-corrected chi connectivity index (χ2v) is 8.63. The van der Waals surface area contributed by atoms with Gasteiger partial charge in [0.05, 0.1) is 12.7 Å². The Balaban J connectivity index is 1.65. The van der Waals surface area contributed by atoms with E-state index in [1.807, 2.05) is 37.3 Å². The van der Waals surface area contributed by atoms with E-state index in [1.165, 1.54) is 17.3 Å². The molecular formula is C25H25N3O4S. The molecule has 170 valence electrons. The Morgan fingerprint density at radius 2 is 2.03 bits per heavy atom. The number of H-pyrrole nitrogens is 1. The molecule has 7 nitrogen and oxygen atoms in total. The van der Waals surface area contributed by atoms with Gasteiger partial charge < -0.3 is 19.8 Å². The summed E-state index contributed by atoms with van der Waals surface area (Å²) in [5.41, 5.74) is 3.30. The standard InChI is InChI=1S/C25H25N3O4S/c1-4-11-32-19-10-9-16(12-20(19)31-3)18-13-21(29)26-23-22(18)24(30)28-25(27-23)33-14-17-8-6-5-7-15(17)2/h4-10,12,18H,1,11,13-14H2,2-3H3,(H2,26,27,28,29,30)/t18-/m0/s1. The van der Waals surface area contributed by atoms with E-state index in [1.54, 1.807) is 25.3 Å². The van der Waals surface area contributed by atoms with E-state index in [9.17, 15) is 9.59 Å². The second-order valence-electron chi connectivity index (χ2n) is 7.66. The number of fused-ring (bicyclic) bond motifs is 1. The number of aromatic nitrogens is 2. The zero-order valence-corrected chi connectivity index (χ0v) is 19.3. The molecular weight excluding hydrogens is 438 g/mol. The molecule has 3 aromatic rings. The van der Waals surface area contributed by atoms with E-state index < -0.39 is 5.92 Å². The van der Waals surface area contributed by atoms with Gasteiger partial charge in [0.25, 0.3) is 5.56 Å². The average Bonchev–Trinajstić information content (AvgIpc) is 2.81. The van der Waals surface area contributed by atoms with Crippen LogP contribution in [0.1, 0.15) is 34.6 Å². The number of anilines is 1. The Kier molecular flexibility index (Phi) is 6.84. The highest BCUT2D eigenvalue weighted by Crippen LogP contribution is 2.38. The third-order valence-corrected chi connectivity index (χ3v) is 6.42. The number of aromatic amines is 1. The molecule has 1 amide bonds. The number of hydrogen-bond donors (Lipinski definition) is 2. The van der Waals surface area contributed by atoms with Crippen LogP contribution in [0.15, 0.2) is 65.1 Å². The van der Waals surface area contributed by atoms with Crippen molar-refractivity contribution in [2.24, 2.45) is 0 Å². The summed E-state index contributed by atoms with van der Waals surface area (Å²) in [7, 11) is 1.55. The number of rotatable bonds is 8. The molecule has 4 rings (SSSR count). The lowest BCUT2D eigenvalue weighted by atomic mass is 9.86. The first-order valence-electron chi connectivity index (χ1n) is 10.5. The van der Waals surface area contributed by atoms with Gasteiger partial charge in [0.15, 0.2) is 16.7 Å². The summed E-state index contributed by atoms with van der Waals surface area (Å²) in [4.78, 5) is 33.0. The number of nitrogens with one attached hydrogen (secondary N) is 2. The van der Waals surface area contributed by atoms with Crippen LogP contribution in [0.3, 0.4) is 0 Å². The monoisotopic (exact) mass is 463 g/mol. The predicted octanol–water partition coefficient (Wildman–Crippen LogP) is 4.42. The van der Waals surface area contributed by atoms with Crippen LogP contribution < -0.4 is 20.3 Å². The van der Waals surface area contributed by atoms with Gasteiger partial charge in [0, 0.05) is 18.1 Å². The number of nitrogens with zero attached hydrogens (tertiary/aromatic N) is 1. The van der Waals surface area contributed by atoms with Crippen molar-refractivity contribution in [1.29, 1.82) is 0 Å². The number of ether oxygens (including phenoxy) is 2. The normalized spacial score (nSPS) is 14.8. The smallest absolute Gasteiger partial charge is 0.257 e. The minimum Gasteiger partial charge on any atom is -0.493 e. The summed E-state index contributed by atoms with van der Waals surface area (Å²) in [6.45, 7) is 6.04. The Bertz CT molecular complexity index is 1250. The largest absolute Gasteiger partial charge is 0.493 e. The number of methoxy groups -OCH3 is 1. The third-order valence-electron chi connectivity index (χ3n) is 5.50. The maximum absolute atomic E-state index is 13.1. The minimum absolute atomic E-state index is 0.142. The van der Waals surface area contributed by atoms with Gasteiger partial charge >= 0.3 is 0 Å². The molecule has 0 aliphatic carbocycles. The van der Waals surface area contributed by atoms with E-state index >= 15 is 0 Å². The lowest BCUT2D eigenvalue weighted by Crippen LogP contribution is -2.31. The summed E-state index contributed by atoms with van der Waals surface area (Å²) in [5, 5.41) is 3.23. The molecule has 0 bridgehead atoms. The highest BCUT2D eigenvalue weighted by Gasteiger charge is 2.31. The fraction of sp³-hybridized carbons (Fsp3) is 0.240. The van der Waals surface area contributed by atoms with E-state index in [-0.39, 0.29) is 17.9 Å². The van der Waals surface area contributed by atoms with Crippen LogP contribution in [-0.4, -0.2) is 29.6 Å². The van der Waals surface area contributed by atoms with Crippen LogP contribution in [0, 0.1) is 6.92 Å². The molecule has 2 heterocycles. The van der Waals surface area contributed by atoms with E-state index in [2.05, 4.69) is 21.9 Å². The zero-order chi connectivity index (χ0) is 23.4. The highest BCUT2D eigenvalue weighted by atomic mass is 32.2. The number of thioether (sulfide) groups is 1. The highest BCUT2D eigenvalue weighted by molar-refractivity contribution is 7.98. The third kappa shape index (κ3) is 4.96. The minimum atomic E-state index is -0.442. The molecule has 0 unspecified atom stereocenters. The predicted molar refractivity (Wildman–Crippen MR) is 129 cm³/mol. The maximum atomic E-state index is 13.1. The molecule has 0 saturated carbocycles. The van der Waals surface area contributed by atoms with Gasteiger partial charge in [0.2, 0.25) is 5.91 Å². The lowest BCUT2D eigenvalue weighted by Gasteiger charge is -2.25. The van der Waals surface area contributed by atoms with Crippen molar-refractivity contribution in [3.05, 3.63) is 87.7 Å². The van der Waals surface area contributed by atoms with Crippen LogP contribution in [0.4, 0.5) is 5.82 Å². The molecule has 1 atom stereocenters. The number of carbonyl (C=O) groups excluding carboxylic acids is 1. The van der Waals surface area contributed by atoms with Crippen molar-refractivity contribution in [1.82, 2.24) is 9.97 Å². The van der Waals surface area contributed by atoms with Crippen LogP contribution in [-0.2, 0) is 10.5 Å². The van der Waals surface area contributed by atoms with Crippen LogP contribution in [0.5, 0.6) is 11.5 Å². The van der Waals surface area contributed by atoms with Crippen molar-refractivity contribution in [3.63, 3.8) is 0 Å². The molecule has 8 heteroatoms. The quantitative estimate of drug-likeness (QED) is 0.292. The molecule has 0 fully saturated rings. The number of benzene rings is 2. The summed E-state index contributed by atoms with van der Waals surface area (Å²) in [5.74, 6) is 1.43. The summed E-state index contributed by atoms with van der Waals surface area (Å²) in [6.07, 6.45) is 1.79. The zero-order valence-electron chi connectivity index (χ0n) is 18.5. The van der Waals surface area contributed by atoms with Crippen molar-refractivity contribution >= 4 is 23.5 Å². The molecule has 2 aromatic carbocycles. The van der Waals surface area contributed by atoms with E-state index in [0.717, 1.165) is 11.1 Å². The van der Waals surface area contributed by atoms with Crippen LogP contribution in [0.25, 0.3) is 0 Å². The fourth-order valence-electron chi connectivity index (χ4n) is 3.79. The van der Waals surface area contributed by atoms with Crippen LogP contribution >= 0.6 is 11.8 Å². The SMILES string of the molecule is C=CCOc1ccc([C@@H]2CC(=O)Nc3nc(SCc4ccccc4C)[nH]c(=O)c32)cc1OC. The summed E-state index contributed by atoms with van der Waals surface area (Å²) in [6, 6.07) is 13.5. The van der Waals surface area contributed by atoms with Gasteiger partial charge in [-0.3, -0.25) is 9.59 Å². The number of hydrogen-bond acceptors (Lipinski definition) is 6. The number of carbonyl (C=O) groups is 1. The first-order chi connectivity index (χ1) is 16.0. The Morgan fingerprint density at radius 1 is 1.21 bits per heavy atom. The van der Waals surface area contributed by atoms with Gasteiger partial charge in [-0.05, 0) is 35.7 Å². The Labute approximate surface area is 196 Å². The van der Waals surface area contributed by atoms with Crippen molar-refractivity contribution in [2.75, 3.05) is 19.0 Å². The average molecular weight is 464 g/mol. The van der Waals surface area contributed by atoms with Crippen molar-refractivity contribution < 1.29 is 14.3 Å². The lowest BCUT2D eigenvalue weighted by molar-refractivity contribution is -0.116. The number of aryl methyl sites for hydroxylation is 1. The van der Waals surface area contributed by atoms with Gasteiger partial charge in [-0.25, -0.2) is 4.98 Å². The molecule has 1 aliphatic heterocycles. The van der Waals surface area contributed by atoms with Gasteiger partial charge in [-0.15, -0.1) is 0 Å². The van der Waals surface area contributed by atoms with Gasteiger partial charge in [-0.1, -0.05) is 54.7 Å². The summed E-state index contributed by atoms with van der Waals surface area (Å²) < 4.78 is 11.1. The van der Waals surface area contributed by atoms with E-state index in [0.29, 0.717) is 40.4 Å². The molecule has 1 aliphatic rings. The maximum Gasteiger partial charge on any atom is 0.257 e. The Morgan fingerprint density at radius 3 is 2.79 bits per heavy atom. The topological polar surface area (TPSA) is 93.3 Å². The van der Waals surface area contributed by atoms with Crippen molar-refractivity contribution in [3.8, 4) is 11.5 Å². The van der Waals surface area contributed by atoms with Gasteiger partial charge in [-0.2, -0.15) is 0 Å². The molecule has 1 aromatic heterocycles. The number of amides is 1. The van der Waals surface area contributed by atoms with Crippen molar-refractivity contribution in [2.45, 2.75) is 30.2 Å². The first-order valence-corrected chi connectivity index (χ1v) is 11.5. The first kappa shape index (κ1) is 22.7. The second kappa shape index (κ2) is 9.95. The summed E-state index contributed by atoms with van der Waals surface area (Å²) >= 11 is 1.43. The fourth-order valence-corrected chi connectivity index (χ4v) is 4.73. The Hall–Kier alpha value is -3.52. The molecule has 0 saturated heterocycles. The van der Waals surface area contributed by atoms with Gasteiger partial charge in [0.1, 0.15) is 12.4 Å².